The van der Waals surface area contributed by atoms with Crippen molar-refractivity contribution in [1.82, 2.24) is 0 Å². The first-order valence-corrected chi connectivity index (χ1v) is 4.99. The highest BCUT2D eigenvalue weighted by Gasteiger charge is 2.03. The third-order valence-corrected chi connectivity index (χ3v) is 0.694. The molecule has 8 nitrogen and oxygen atoms in total. The van der Waals surface area contributed by atoms with Gasteiger partial charge in [-0.25, -0.2) is 9.36 Å². The van der Waals surface area contributed by atoms with E-state index < -0.39 is 19.7 Å². The van der Waals surface area contributed by atoms with Gasteiger partial charge in [-0.05, 0) is 6.92 Å². The summed E-state index contributed by atoms with van der Waals surface area (Å²) in [7, 11) is -4.64. The van der Waals surface area contributed by atoms with Crippen LogP contribution in [0, 0.1) is 0 Å². The van der Waals surface area contributed by atoms with Crippen molar-refractivity contribution in [2.24, 2.45) is 5.73 Å². The molecule has 0 rings (SSSR count). The van der Waals surface area contributed by atoms with E-state index in [9.17, 15) is 9.59 Å². The Morgan fingerprint density at radius 1 is 1.40 bits per heavy atom. The van der Waals surface area contributed by atoms with Crippen LogP contribution in [0.1, 0.15) is 6.92 Å². The topological polar surface area (TPSA) is 147 Å². The second-order valence-electron chi connectivity index (χ2n) is 2.34. The number of primary amides is 1. The van der Waals surface area contributed by atoms with Gasteiger partial charge in [0.25, 0.3) is 5.91 Å². The van der Waals surface area contributed by atoms with E-state index in [1.807, 2.05) is 0 Å². The second kappa shape index (κ2) is 7.13. The zero-order chi connectivity index (χ0) is 12.6. The molecule has 0 aromatic rings. The van der Waals surface area contributed by atoms with E-state index in [1.165, 1.54) is 6.92 Å². The maximum absolute atomic E-state index is 10.5. The highest BCUT2D eigenvalue weighted by Crippen LogP contribution is 2.25. The predicted molar refractivity (Wildman–Crippen MR) is 49.2 cm³/mol. The lowest BCUT2D eigenvalue weighted by Crippen LogP contribution is -2.20. The molecule has 0 atom stereocenters. The largest absolute Gasteiger partial charge is 0.466 e. The molecule has 88 valence electrons. The first-order chi connectivity index (χ1) is 6.54. The number of hydrogen-bond acceptors (Lipinski definition) is 4. The van der Waals surface area contributed by atoms with Crippen molar-refractivity contribution in [2.75, 3.05) is 6.61 Å². The number of rotatable bonds is 3. The summed E-state index contributed by atoms with van der Waals surface area (Å²) in [4.78, 5) is 42.1. The lowest BCUT2D eigenvalue weighted by Gasteiger charge is -1.98. The number of hydrogen-bond donors (Lipinski definition) is 4. The van der Waals surface area contributed by atoms with Crippen LogP contribution in [-0.2, 0) is 18.9 Å². The smallest absolute Gasteiger partial charge is 0.452 e. The van der Waals surface area contributed by atoms with E-state index in [4.69, 9.17) is 25.0 Å². The van der Waals surface area contributed by atoms with Gasteiger partial charge in [-0.3, -0.25) is 4.79 Å². The van der Waals surface area contributed by atoms with Gasteiger partial charge >= 0.3 is 13.8 Å². The molecular weight excluding hydrogens is 229 g/mol. The molecule has 0 radical (unpaired) electrons. The quantitative estimate of drug-likeness (QED) is 0.271. The molecule has 0 saturated carbocycles. The minimum Gasteiger partial charge on any atom is -0.452 e. The van der Waals surface area contributed by atoms with Crippen molar-refractivity contribution in [2.45, 2.75) is 6.92 Å². The molecule has 0 heterocycles. The van der Waals surface area contributed by atoms with Crippen LogP contribution in [0.2, 0.25) is 0 Å². The second-order valence-corrected chi connectivity index (χ2v) is 3.36. The Labute approximate surface area is 85.6 Å². The fraction of sp³-hybridized carbons (Fsp3) is 0.333. The molecule has 0 unspecified atom stereocenters. The van der Waals surface area contributed by atoms with Crippen LogP contribution >= 0.6 is 7.82 Å². The van der Waals surface area contributed by atoms with Crippen LogP contribution in [-0.4, -0.2) is 33.2 Å². The SMILES string of the molecule is C=C(C)C(=O)OCC(N)=O.O=P(O)(O)O. The molecule has 0 aromatic heterocycles. The van der Waals surface area contributed by atoms with E-state index >= 15 is 0 Å². The molecule has 1 amide bonds. The number of carbonyl (C=O) groups is 2. The summed E-state index contributed by atoms with van der Waals surface area (Å²) in [5.41, 5.74) is 4.95. The minimum atomic E-state index is -4.64. The summed E-state index contributed by atoms with van der Waals surface area (Å²) in [5.74, 6) is -1.27. The third kappa shape index (κ3) is 24.5. The Bertz CT molecular complexity index is 286. The van der Waals surface area contributed by atoms with Crippen molar-refractivity contribution < 1.29 is 33.6 Å². The van der Waals surface area contributed by atoms with Crippen LogP contribution < -0.4 is 5.73 Å². The van der Waals surface area contributed by atoms with E-state index in [0.29, 0.717) is 0 Å². The van der Waals surface area contributed by atoms with Gasteiger partial charge in [-0.1, -0.05) is 6.58 Å². The monoisotopic (exact) mass is 241 g/mol. The number of ether oxygens (including phenoxy) is 1. The molecule has 9 heteroatoms. The Morgan fingerprint density at radius 3 is 1.93 bits per heavy atom. The molecule has 0 spiro atoms. The molecule has 0 fully saturated rings. The van der Waals surface area contributed by atoms with E-state index in [2.05, 4.69) is 11.3 Å². The summed E-state index contributed by atoms with van der Waals surface area (Å²) in [6.45, 7) is 4.41. The molecule has 0 bridgehead atoms. The predicted octanol–water partition coefficient (Wildman–Crippen LogP) is -1.34. The molecule has 5 N–H and O–H groups in total. The van der Waals surface area contributed by atoms with Crippen molar-refractivity contribution in [1.29, 1.82) is 0 Å². The van der Waals surface area contributed by atoms with Gasteiger partial charge in [0.1, 0.15) is 0 Å². The first-order valence-electron chi connectivity index (χ1n) is 3.43. The number of nitrogens with two attached hydrogens (primary N) is 1. The van der Waals surface area contributed by atoms with Gasteiger partial charge in [0, 0.05) is 5.57 Å². The average Bonchev–Trinajstić information content (AvgIpc) is 1.96. The van der Waals surface area contributed by atoms with E-state index in [1.54, 1.807) is 0 Å². The Balaban J connectivity index is 0. The van der Waals surface area contributed by atoms with Crippen LogP contribution in [0.5, 0.6) is 0 Å². The van der Waals surface area contributed by atoms with Gasteiger partial charge in [-0.15, -0.1) is 0 Å². The van der Waals surface area contributed by atoms with Gasteiger partial charge in [-0.2, -0.15) is 0 Å². The highest BCUT2D eigenvalue weighted by molar-refractivity contribution is 7.45. The summed E-state index contributed by atoms with van der Waals surface area (Å²) in [6, 6.07) is 0. The molecule has 0 aromatic carbocycles. The fourth-order valence-electron chi connectivity index (χ4n) is 0.260. The van der Waals surface area contributed by atoms with Crippen molar-refractivity contribution in [3.8, 4) is 0 Å². The Hall–Kier alpha value is -1.21. The lowest BCUT2D eigenvalue weighted by molar-refractivity contribution is -0.143. The average molecular weight is 241 g/mol. The van der Waals surface area contributed by atoms with Gasteiger partial charge in [0.2, 0.25) is 0 Å². The van der Waals surface area contributed by atoms with E-state index in [0.717, 1.165) is 0 Å². The van der Waals surface area contributed by atoms with Crippen LogP contribution in [0.15, 0.2) is 12.2 Å². The number of esters is 1. The normalized spacial score (nSPS) is 9.60. The summed E-state index contributed by atoms with van der Waals surface area (Å²) in [6.07, 6.45) is 0. The Kier molecular flexibility index (Phi) is 7.71. The molecule has 0 aliphatic heterocycles. The standard InChI is InChI=1S/C6H9NO3.H3O4P/c1-4(2)6(9)10-3-5(7)8;1-5(2,3)4/h1,3H2,2H3,(H2,7,8);(H3,1,2,3,4). The van der Waals surface area contributed by atoms with Gasteiger partial charge in [0.05, 0.1) is 0 Å². The maximum Gasteiger partial charge on any atom is 0.466 e. The van der Waals surface area contributed by atoms with Gasteiger partial charge in [0.15, 0.2) is 6.61 Å². The number of amides is 1. The summed E-state index contributed by atoms with van der Waals surface area (Å²) < 4.78 is 13.2. The van der Waals surface area contributed by atoms with Crippen molar-refractivity contribution in [3.05, 3.63) is 12.2 Å². The first kappa shape index (κ1) is 16.2. The molecule has 15 heavy (non-hydrogen) atoms. The third-order valence-electron chi connectivity index (χ3n) is 0.694. The fourth-order valence-corrected chi connectivity index (χ4v) is 0.260. The lowest BCUT2D eigenvalue weighted by atomic mass is 10.4. The van der Waals surface area contributed by atoms with Crippen LogP contribution in [0.25, 0.3) is 0 Å². The van der Waals surface area contributed by atoms with Gasteiger partial charge < -0.3 is 25.2 Å². The maximum atomic E-state index is 10.5. The van der Waals surface area contributed by atoms with E-state index in [-0.39, 0.29) is 12.2 Å². The molecular formula is C6H12NO7P. The minimum absolute atomic E-state index is 0.251. The zero-order valence-electron chi connectivity index (χ0n) is 7.91. The number of carbonyl (C=O) groups excluding carboxylic acids is 2. The number of phosphoric acid groups is 1. The Morgan fingerprint density at radius 2 is 1.73 bits per heavy atom. The van der Waals surface area contributed by atoms with Crippen LogP contribution in [0.4, 0.5) is 0 Å². The molecule has 0 saturated heterocycles. The zero-order valence-corrected chi connectivity index (χ0v) is 8.81. The summed E-state index contributed by atoms with van der Waals surface area (Å²) in [5, 5.41) is 0. The van der Waals surface area contributed by atoms with Crippen LogP contribution in [0.3, 0.4) is 0 Å². The molecule has 0 aliphatic rings. The van der Waals surface area contributed by atoms with Crippen molar-refractivity contribution in [3.63, 3.8) is 0 Å². The summed E-state index contributed by atoms with van der Waals surface area (Å²) >= 11 is 0. The van der Waals surface area contributed by atoms with Crippen molar-refractivity contribution >= 4 is 19.7 Å². The molecule has 0 aliphatic carbocycles. The highest BCUT2D eigenvalue weighted by atomic mass is 31.2.